The maximum absolute atomic E-state index is 6.13. The van der Waals surface area contributed by atoms with Gasteiger partial charge in [0.25, 0.3) is 0 Å². The van der Waals surface area contributed by atoms with Crippen LogP contribution in [0.1, 0.15) is 0 Å². The number of benzene rings is 1. The van der Waals surface area contributed by atoms with Crippen molar-refractivity contribution in [3.05, 3.63) is 31.1 Å². The van der Waals surface area contributed by atoms with Gasteiger partial charge < -0.3 is 24.5 Å². The minimum atomic E-state index is 0.509. The molecule has 0 unspecified atom stereocenters. The summed E-state index contributed by atoms with van der Waals surface area (Å²) in [5.74, 6) is 2.17. The Balaban J connectivity index is 2.61. The first-order valence-corrected chi connectivity index (χ1v) is 6.38. The highest BCUT2D eigenvalue weighted by Gasteiger charge is 2.20. The predicted molar refractivity (Wildman–Crippen MR) is 81.9 cm³/mol. The number of nitrogen functional groups attached to an aromatic ring is 1. The Bertz CT molecular complexity index is 650. The third kappa shape index (κ3) is 2.52. The van der Waals surface area contributed by atoms with Crippen molar-refractivity contribution in [3.63, 3.8) is 0 Å². The van der Waals surface area contributed by atoms with Crippen molar-refractivity contribution in [1.29, 1.82) is 0 Å². The van der Waals surface area contributed by atoms with Crippen molar-refractivity contribution < 1.29 is 14.2 Å². The first kappa shape index (κ1) is 14.8. The summed E-state index contributed by atoms with van der Waals surface area (Å²) < 4.78 is 17.9. The lowest BCUT2D eigenvalue weighted by molar-refractivity contribution is 0.325. The zero-order chi connectivity index (χ0) is 15.4. The first-order valence-electron chi connectivity index (χ1n) is 6.38. The van der Waals surface area contributed by atoms with Gasteiger partial charge in [0.1, 0.15) is 11.5 Å². The Morgan fingerprint density at radius 1 is 1.19 bits per heavy atom. The molecular formula is C15H19N3O3. The van der Waals surface area contributed by atoms with Gasteiger partial charge in [0, 0.05) is 6.54 Å². The molecule has 0 saturated carbocycles. The molecule has 0 spiro atoms. The molecule has 6 heteroatoms. The molecule has 2 N–H and O–H groups in total. The molecule has 0 aliphatic rings. The van der Waals surface area contributed by atoms with Gasteiger partial charge >= 0.3 is 0 Å². The molecule has 112 valence electrons. The number of methoxy groups -OCH3 is 3. The summed E-state index contributed by atoms with van der Waals surface area (Å²) in [6.45, 7) is 4.29. The quantitative estimate of drug-likeness (QED) is 0.826. The molecule has 6 nitrogen and oxygen atoms in total. The van der Waals surface area contributed by atoms with Crippen LogP contribution >= 0.6 is 0 Å². The van der Waals surface area contributed by atoms with Gasteiger partial charge in [-0.25, -0.2) is 4.98 Å². The highest BCUT2D eigenvalue weighted by atomic mass is 16.5. The average Bonchev–Trinajstić information content (AvgIpc) is 2.87. The second-order valence-corrected chi connectivity index (χ2v) is 4.30. The van der Waals surface area contributed by atoms with Gasteiger partial charge in [0.05, 0.1) is 33.2 Å². The van der Waals surface area contributed by atoms with Crippen LogP contribution in [0.5, 0.6) is 17.2 Å². The van der Waals surface area contributed by atoms with Crippen LogP contribution in [-0.4, -0.2) is 30.9 Å². The Kier molecular flexibility index (Phi) is 4.37. The summed E-state index contributed by atoms with van der Waals surface area (Å²) in [6.07, 6.45) is 3.43. The molecule has 0 saturated heterocycles. The van der Waals surface area contributed by atoms with Gasteiger partial charge in [0.2, 0.25) is 5.75 Å². The number of imidazole rings is 1. The van der Waals surface area contributed by atoms with E-state index in [2.05, 4.69) is 11.6 Å². The van der Waals surface area contributed by atoms with Gasteiger partial charge in [-0.05, 0) is 12.1 Å². The zero-order valence-electron chi connectivity index (χ0n) is 12.4. The maximum Gasteiger partial charge on any atom is 0.203 e. The number of nitrogens with two attached hydrogens (primary N) is 1. The highest BCUT2D eigenvalue weighted by Crippen LogP contribution is 2.44. The van der Waals surface area contributed by atoms with E-state index in [1.165, 1.54) is 0 Å². The van der Waals surface area contributed by atoms with Crippen molar-refractivity contribution in [2.45, 2.75) is 6.54 Å². The standard InChI is InChI=1S/C15H19N3O3/c1-5-8-18-9-17-12(15(18)16)10-6-7-11(19-2)14(21-4)13(10)20-3/h5-7,9H,1,8,16H2,2-4H3. The number of ether oxygens (including phenoxy) is 3. The molecular weight excluding hydrogens is 270 g/mol. The normalized spacial score (nSPS) is 10.2. The van der Waals surface area contributed by atoms with E-state index in [9.17, 15) is 0 Å². The average molecular weight is 289 g/mol. The van der Waals surface area contributed by atoms with E-state index in [1.54, 1.807) is 44.4 Å². The van der Waals surface area contributed by atoms with Crippen molar-refractivity contribution >= 4 is 5.82 Å². The van der Waals surface area contributed by atoms with E-state index in [0.29, 0.717) is 35.3 Å². The lowest BCUT2D eigenvalue weighted by Gasteiger charge is -2.15. The lowest BCUT2D eigenvalue weighted by Crippen LogP contribution is -2.01. The summed E-state index contributed by atoms with van der Waals surface area (Å²) in [4.78, 5) is 4.36. The van der Waals surface area contributed by atoms with Crippen LogP contribution in [0.3, 0.4) is 0 Å². The smallest absolute Gasteiger partial charge is 0.203 e. The van der Waals surface area contributed by atoms with Crippen molar-refractivity contribution in [2.75, 3.05) is 27.1 Å². The number of hydrogen-bond donors (Lipinski definition) is 1. The van der Waals surface area contributed by atoms with Gasteiger partial charge in [-0.1, -0.05) is 6.08 Å². The Labute approximate surface area is 123 Å². The molecule has 21 heavy (non-hydrogen) atoms. The van der Waals surface area contributed by atoms with Gasteiger partial charge in [-0.15, -0.1) is 6.58 Å². The molecule has 0 bridgehead atoms. The molecule has 2 rings (SSSR count). The topological polar surface area (TPSA) is 71.5 Å². The number of rotatable bonds is 6. The summed E-state index contributed by atoms with van der Waals surface area (Å²) in [6, 6.07) is 3.64. The van der Waals surface area contributed by atoms with Gasteiger partial charge in [0.15, 0.2) is 11.5 Å². The van der Waals surface area contributed by atoms with Crippen LogP contribution in [0, 0.1) is 0 Å². The lowest BCUT2D eigenvalue weighted by atomic mass is 10.1. The number of anilines is 1. The highest BCUT2D eigenvalue weighted by molar-refractivity contribution is 5.80. The monoisotopic (exact) mass is 289 g/mol. The molecule has 1 heterocycles. The minimum Gasteiger partial charge on any atom is -0.493 e. The van der Waals surface area contributed by atoms with Gasteiger partial charge in [-0.2, -0.15) is 0 Å². The summed E-state index contributed by atoms with van der Waals surface area (Å²) >= 11 is 0. The Morgan fingerprint density at radius 3 is 2.48 bits per heavy atom. The van der Waals surface area contributed by atoms with E-state index in [1.807, 2.05) is 6.07 Å². The second kappa shape index (κ2) is 6.21. The fourth-order valence-corrected chi connectivity index (χ4v) is 2.17. The molecule has 0 amide bonds. The van der Waals surface area contributed by atoms with E-state index >= 15 is 0 Å². The third-order valence-electron chi connectivity index (χ3n) is 3.16. The summed E-state index contributed by atoms with van der Waals surface area (Å²) in [5.41, 5.74) is 7.51. The Morgan fingerprint density at radius 2 is 1.90 bits per heavy atom. The maximum atomic E-state index is 6.13. The minimum absolute atomic E-state index is 0.509. The van der Waals surface area contributed by atoms with Crippen LogP contribution in [0.2, 0.25) is 0 Å². The second-order valence-electron chi connectivity index (χ2n) is 4.30. The molecule has 2 aromatic rings. The molecule has 1 aromatic carbocycles. The Hall–Kier alpha value is -2.63. The van der Waals surface area contributed by atoms with E-state index in [4.69, 9.17) is 19.9 Å². The van der Waals surface area contributed by atoms with Crippen LogP contribution in [-0.2, 0) is 6.54 Å². The van der Waals surface area contributed by atoms with Crippen LogP contribution in [0.25, 0.3) is 11.3 Å². The van der Waals surface area contributed by atoms with E-state index < -0.39 is 0 Å². The van der Waals surface area contributed by atoms with Crippen LogP contribution < -0.4 is 19.9 Å². The van der Waals surface area contributed by atoms with E-state index in [-0.39, 0.29) is 0 Å². The number of hydrogen-bond acceptors (Lipinski definition) is 5. The zero-order valence-corrected chi connectivity index (χ0v) is 12.4. The molecule has 0 atom stereocenters. The summed E-state index contributed by atoms with van der Waals surface area (Å²) in [5, 5.41) is 0. The summed E-state index contributed by atoms with van der Waals surface area (Å²) in [7, 11) is 4.70. The van der Waals surface area contributed by atoms with Crippen molar-refractivity contribution in [1.82, 2.24) is 9.55 Å². The molecule has 1 aromatic heterocycles. The van der Waals surface area contributed by atoms with Gasteiger partial charge in [-0.3, -0.25) is 0 Å². The SMILES string of the molecule is C=CCn1cnc(-c2ccc(OC)c(OC)c2OC)c1N. The van der Waals surface area contributed by atoms with Crippen LogP contribution in [0.15, 0.2) is 31.1 Å². The largest absolute Gasteiger partial charge is 0.493 e. The number of aromatic nitrogens is 2. The fourth-order valence-electron chi connectivity index (χ4n) is 2.17. The first-order chi connectivity index (χ1) is 10.2. The molecule has 0 aliphatic carbocycles. The molecule has 0 fully saturated rings. The fraction of sp³-hybridized carbons (Fsp3) is 0.267. The predicted octanol–water partition coefficient (Wildman–Crippen LogP) is 2.34. The molecule has 0 radical (unpaired) electrons. The molecule has 0 aliphatic heterocycles. The third-order valence-corrected chi connectivity index (χ3v) is 3.16. The number of allylic oxidation sites excluding steroid dienone is 1. The van der Waals surface area contributed by atoms with Crippen molar-refractivity contribution in [3.8, 4) is 28.5 Å². The van der Waals surface area contributed by atoms with E-state index in [0.717, 1.165) is 5.56 Å². The van der Waals surface area contributed by atoms with Crippen LogP contribution in [0.4, 0.5) is 5.82 Å². The van der Waals surface area contributed by atoms with Crippen molar-refractivity contribution in [2.24, 2.45) is 0 Å². The number of nitrogens with zero attached hydrogens (tertiary/aromatic N) is 2.